The van der Waals surface area contributed by atoms with Crippen molar-refractivity contribution in [3.05, 3.63) is 38.9 Å². The number of rotatable bonds is 1. The number of nitrogens with one attached hydrogen (secondary N) is 1. The molecule has 0 radical (unpaired) electrons. The molecule has 2 aromatic rings. The molecule has 0 atom stereocenters. The Labute approximate surface area is 100 Å². The van der Waals surface area contributed by atoms with E-state index in [1.165, 1.54) is 0 Å². The van der Waals surface area contributed by atoms with Crippen molar-refractivity contribution < 1.29 is 0 Å². The van der Waals surface area contributed by atoms with Crippen LogP contribution in [-0.4, -0.2) is 9.97 Å². The quantitative estimate of drug-likeness (QED) is 0.834. The Balaban J connectivity index is 2.31. The molecule has 1 fully saturated rings. The lowest BCUT2D eigenvalue weighted by Crippen LogP contribution is -2.26. The van der Waals surface area contributed by atoms with Gasteiger partial charge in [0.15, 0.2) is 0 Å². The monoisotopic (exact) mass is 279 g/mol. The molecule has 0 aliphatic heterocycles. The van der Waals surface area contributed by atoms with Crippen LogP contribution in [0.1, 0.15) is 18.7 Å². The van der Waals surface area contributed by atoms with Crippen molar-refractivity contribution >= 4 is 26.8 Å². The van der Waals surface area contributed by atoms with Gasteiger partial charge in [0.05, 0.1) is 16.4 Å². The van der Waals surface area contributed by atoms with Crippen molar-refractivity contribution in [2.24, 2.45) is 5.73 Å². The maximum Gasteiger partial charge on any atom is 0.258 e. The Morgan fingerprint density at radius 2 is 2.19 bits per heavy atom. The average Bonchev–Trinajstić information content (AvgIpc) is 2.99. The van der Waals surface area contributed by atoms with Gasteiger partial charge in [0.1, 0.15) is 5.82 Å². The molecule has 1 saturated carbocycles. The summed E-state index contributed by atoms with van der Waals surface area (Å²) in [4.78, 5) is 19.0. The Kier molecular flexibility index (Phi) is 1.96. The van der Waals surface area contributed by atoms with Crippen molar-refractivity contribution in [2.75, 3.05) is 0 Å². The first-order valence-electron chi connectivity index (χ1n) is 5.07. The molecule has 3 N–H and O–H groups in total. The second kappa shape index (κ2) is 3.15. The van der Waals surface area contributed by atoms with Gasteiger partial charge in [0, 0.05) is 4.47 Å². The lowest BCUT2D eigenvalue weighted by atomic mass is 10.2. The highest BCUT2D eigenvalue weighted by molar-refractivity contribution is 9.10. The third-order valence-corrected chi connectivity index (χ3v) is 3.42. The van der Waals surface area contributed by atoms with Gasteiger partial charge in [-0.05, 0) is 31.0 Å². The molecule has 3 rings (SSSR count). The van der Waals surface area contributed by atoms with Crippen molar-refractivity contribution in [1.29, 1.82) is 0 Å². The number of nitrogens with two attached hydrogens (primary N) is 1. The zero-order valence-electron chi connectivity index (χ0n) is 8.46. The van der Waals surface area contributed by atoms with E-state index in [0.717, 1.165) is 17.3 Å². The minimum Gasteiger partial charge on any atom is -0.319 e. The van der Waals surface area contributed by atoms with Gasteiger partial charge in [-0.1, -0.05) is 15.9 Å². The van der Waals surface area contributed by atoms with E-state index in [1.807, 2.05) is 12.1 Å². The van der Waals surface area contributed by atoms with Gasteiger partial charge in [-0.15, -0.1) is 0 Å². The Morgan fingerprint density at radius 3 is 2.88 bits per heavy atom. The number of benzene rings is 1. The first-order chi connectivity index (χ1) is 7.58. The topological polar surface area (TPSA) is 71.8 Å². The molecule has 16 heavy (non-hydrogen) atoms. The third kappa shape index (κ3) is 1.47. The smallest absolute Gasteiger partial charge is 0.258 e. The van der Waals surface area contributed by atoms with Crippen LogP contribution in [0.25, 0.3) is 10.9 Å². The zero-order valence-corrected chi connectivity index (χ0v) is 10.0. The fourth-order valence-corrected chi connectivity index (χ4v) is 2.08. The molecule has 5 heteroatoms. The van der Waals surface area contributed by atoms with Crippen LogP contribution in [-0.2, 0) is 5.54 Å². The van der Waals surface area contributed by atoms with Crippen molar-refractivity contribution in [1.82, 2.24) is 9.97 Å². The summed E-state index contributed by atoms with van der Waals surface area (Å²) < 4.78 is 0.869. The molecule has 1 aromatic carbocycles. The second-order valence-corrected chi connectivity index (χ2v) is 5.15. The standard InChI is InChI=1S/C11H10BrN3O/c12-6-1-2-8-7(5-6)9(16)15-10(14-8)11(13)3-4-11/h1-2,5H,3-4,13H2,(H,14,15,16). The van der Waals surface area contributed by atoms with Crippen LogP contribution in [0.15, 0.2) is 27.5 Å². The van der Waals surface area contributed by atoms with Gasteiger partial charge in [0.2, 0.25) is 0 Å². The first kappa shape index (κ1) is 9.99. The predicted molar refractivity (Wildman–Crippen MR) is 65.2 cm³/mol. The third-order valence-electron chi connectivity index (χ3n) is 2.93. The van der Waals surface area contributed by atoms with E-state index in [2.05, 4.69) is 25.9 Å². The molecule has 0 bridgehead atoms. The molecule has 0 spiro atoms. The number of hydrogen-bond acceptors (Lipinski definition) is 3. The summed E-state index contributed by atoms with van der Waals surface area (Å²) in [6.45, 7) is 0. The van der Waals surface area contributed by atoms with Crippen molar-refractivity contribution in [3.8, 4) is 0 Å². The summed E-state index contributed by atoms with van der Waals surface area (Å²) in [5.74, 6) is 0.604. The van der Waals surface area contributed by atoms with Gasteiger partial charge in [0.25, 0.3) is 5.56 Å². The summed E-state index contributed by atoms with van der Waals surface area (Å²) in [5, 5.41) is 0.586. The minimum atomic E-state index is -0.402. The van der Waals surface area contributed by atoms with E-state index in [9.17, 15) is 4.79 Å². The maximum atomic E-state index is 11.9. The SMILES string of the molecule is NC1(c2nc3ccc(Br)cc3c(=O)[nH]2)CC1. The molecular weight excluding hydrogens is 270 g/mol. The first-order valence-corrected chi connectivity index (χ1v) is 5.87. The largest absolute Gasteiger partial charge is 0.319 e. The second-order valence-electron chi connectivity index (χ2n) is 4.23. The lowest BCUT2D eigenvalue weighted by Gasteiger charge is -2.08. The minimum absolute atomic E-state index is 0.127. The molecule has 82 valence electrons. The maximum absolute atomic E-state index is 11.9. The van der Waals surface area contributed by atoms with Crippen LogP contribution in [0, 0.1) is 0 Å². The van der Waals surface area contributed by atoms with Crippen LogP contribution in [0.2, 0.25) is 0 Å². The van der Waals surface area contributed by atoms with Gasteiger partial charge in [-0.3, -0.25) is 4.79 Å². The highest BCUT2D eigenvalue weighted by Crippen LogP contribution is 2.40. The number of hydrogen-bond donors (Lipinski definition) is 2. The zero-order chi connectivity index (χ0) is 11.3. The Hall–Kier alpha value is -1.20. The molecular formula is C11H10BrN3O. The molecule has 4 nitrogen and oxygen atoms in total. The van der Waals surface area contributed by atoms with Crippen LogP contribution in [0.4, 0.5) is 0 Å². The number of aromatic amines is 1. The normalized spacial score (nSPS) is 17.6. The summed E-state index contributed by atoms with van der Waals surface area (Å²) >= 11 is 3.33. The molecule has 0 unspecified atom stereocenters. The van der Waals surface area contributed by atoms with Crippen molar-refractivity contribution in [3.63, 3.8) is 0 Å². The van der Waals surface area contributed by atoms with Crippen LogP contribution >= 0.6 is 15.9 Å². The summed E-state index contributed by atoms with van der Waals surface area (Å²) in [5.41, 5.74) is 6.18. The number of fused-ring (bicyclic) bond motifs is 1. The number of nitrogens with zero attached hydrogens (tertiary/aromatic N) is 1. The molecule has 0 amide bonds. The van der Waals surface area contributed by atoms with Crippen LogP contribution in [0.5, 0.6) is 0 Å². The van der Waals surface area contributed by atoms with Gasteiger partial charge >= 0.3 is 0 Å². The summed E-state index contributed by atoms with van der Waals surface area (Å²) in [6, 6.07) is 5.46. The van der Waals surface area contributed by atoms with E-state index in [4.69, 9.17) is 5.73 Å². The lowest BCUT2D eigenvalue weighted by molar-refractivity contribution is 0.673. The molecule has 1 aliphatic carbocycles. The highest BCUT2D eigenvalue weighted by Gasteiger charge is 2.42. The van der Waals surface area contributed by atoms with Gasteiger partial charge in [-0.2, -0.15) is 0 Å². The van der Waals surface area contributed by atoms with E-state index in [1.54, 1.807) is 6.07 Å². The number of halogens is 1. The number of aromatic nitrogens is 2. The van der Waals surface area contributed by atoms with Crippen molar-refractivity contribution in [2.45, 2.75) is 18.4 Å². The van der Waals surface area contributed by atoms with Gasteiger partial charge < -0.3 is 10.7 Å². The van der Waals surface area contributed by atoms with E-state index in [0.29, 0.717) is 16.7 Å². The Bertz CT molecular complexity index is 631. The Morgan fingerprint density at radius 1 is 1.44 bits per heavy atom. The fraction of sp³-hybridized carbons (Fsp3) is 0.273. The predicted octanol–water partition coefficient (Wildman–Crippen LogP) is 1.63. The van der Waals surface area contributed by atoms with Gasteiger partial charge in [-0.25, -0.2) is 4.98 Å². The molecule has 1 heterocycles. The van der Waals surface area contributed by atoms with E-state index < -0.39 is 5.54 Å². The van der Waals surface area contributed by atoms with E-state index >= 15 is 0 Å². The summed E-state index contributed by atoms with van der Waals surface area (Å²) in [6.07, 6.45) is 1.77. The average molecular weight is 280 g/mol. The molecule has 1 aromatic heterocycles. The summed E-state index contributed by atoms with van der Waals surface area (Å²) in [7, 11) is 0. The van der Waals surface area contributed by atoms with Crippen LogP contribution in [0.3, 0.4) is 0 Å². The molecule has 1 aliphatic rings. The van der Waals surface area contributed by atoms with Crippen LogP contribution < -0.4 is 11.3 Å². The molecule has 0 saturated heterocycles. The number of H-pyrrole nitrogens is 1. The fourth-order valence-electron chi connectivity index (χ4n) is 1.72. The highest BCUT2D eigenvalue weighted by atomic mass is 79.9. The van der Waals surface area contributed by atoms with E-state index in [-0.39, 0.29) is 5.56 Å².